The quantitative estimate of drug-likeness (QED) is 0.749. The highest BCUT2D eigenvalue weighted by molar-refractivity contribution is 6.16. The summed E-state index contributed by atoms with van der Waals surface area (Å²) in [5.74, 6) is 0.0257. The number of piperazine rings is 1. The van der Waals surface area contributed by atoms with E-state index in [1.807, 2.05) is 49.4 Å². The summed E-state index contributed by atoms with van der Waals surface area (Å²) in [7, 11) is 0. The van der Waals surface area contributed by atoms with Gasteiger partial charge in [-0.2, -0.15) is 0 Å². The van der Waals surface area contributed by atoms with Crippen LogP contribution in [0.2, 0.25) is 0 Å². The lowest BCUT2D eigenvalue weighted by atomic mass is 9.98. The molecule has 1 unspecified atom stereocenters. The Labute approximate surface area is 171 Å². The highest BCUT2D eigenvalue weighted by Crippen LogP contribution is 2.38. The SMILES string of the molecule is CCN1C(=O)C(C)(C(=O)N2CCN(Cc3ccccc3)CC2)Oc2ccccc21. The molecule has 152 valence electrons. The Bertz CT molecular complexity index is 893. The van der Waals surface area contributed by atoms with Gasteiger partial charge < -0.3 is 14.5 Å². The zero-order chi connectivity index (χ0) is 20.4. The molecule has 1 saturated heterocycles. The van der Waals surface area contributed by atoms with Gasteiger partial charge in [-0.3, -0.25) is 14.5 Å². The van der Waals surface area contributed by atoms with Crippen LogP contribution in [0, 0.1) is 0 Å². The van der Waals surface area contributed by atoms with Gasteiger partial charge in [-0.05, 0) is 31.5 Å². The van der Waals surface area contributed by atoms with Crippen LogP contribution in [0.3, 0.4) is 0 Å². The lowest BCUT2D eigenvalue weighted by Gasteiger charge is -2.43. The van der Waals surface area contributed by atoms with E-state index in [9.17, 15) is 9.59 Å². The highest BCUT2D eigenvalue weighted by Gasteiger charge is 2.52. The normalized spacial score (nSPS) is 22.2. The van der Waals surface area contributed by atoms with E-state index in [4.69, 9.17) is 4.74 Å². The largest absolute Gasteiger partial charge is 0.465 e. The molecule has 0 saturated carbocycles. The molecule has 0 bridgehead atoms. The Morgan fingerprint density at radius 1 is 1.00 bits per heavy atom. The van der Waals surface area contributed by atoms with Crippen molar-refractivity contribution in [3.8, 4) is 5.75 Å². The summed E-state index contributed by atoms with van der Waals surface area (Å²) in [5.41, 5.74) is 0.463. The lowest BCUT2D eigenvalue weighted by Crippen LogP contribution is -2.64. The van der Waals surface area contributed by atoms with Crippen molar-refractivity contribution >= 4 is 17.5 Å². The minimum Gasteiger partial charge on any atom is -0.465 e. The summed E-state index contributed by atoms with van der Waals surface area (Å²) in [6.45, 7) is 7.61. The smallest absolute Gasteiger partial charge is 0.280 e. The number of hydrogen-bond acceptors (Lipinski definition) is 4. The first-order valence-corrected chi connectivity index (χ1v) is 10.2. The van der Waals surface area contributed by atoms with Gasteiger partial charge in [0.2, 0.25) is 0 Å². The molecule has 2 heterocycles. The fourth-order valence-corrected chi connectivity index (χ4v) is 4.10. The van der Waals surface area contributed by atoms with Crippen molar-refractivity contribution < 1.29 is 14.3 Å². The molecule has 0 radical (unpaired) electrons. The molecule has 2 aromatic carbocycles. The molecular weight excluding hydrogens is 366 g/mol. The number of carbonyl (C=O) groups is 2. The van der Waals surface area contributed by atoms with Crippen LogP contribution in [-0.2, 0) is 16.1 Å². The Morgan fingerprint density at radius 3 is 2.34 bits per heavy atom. The van der Waals surface area contributed by atoms with Gasteiger partial charge in [-0.1, -0.05) is 42.5 Å². The second-order valence-corrected chi connectivity index (χ2v) is 7.71. The summed E-state index contributed by atoms with van der Waals surface area (Å²) >= 11 is 0. The van der Waals surface area contributed by atoms with Crippen molar-refractivity contribution in [1.82, 2.24) is 9.80 Å². The molecule has 0 N–H and O–H groups in total. The van der Waals surface area contributed by atoms with E-state index in [-0.39, 0.29) is 11.8 Å². The number of rotatable bonds is 4. The fourth-order valence-electron chi connectivity index (χ4n) is 4.10. The first kappa shape index (κ1) is 19.5. The number of amides is 2. The number of nitrogens with zero attached hydrogens (tertiary/aromatic N) is 3. The van der Waals surface area contributed by atoms with Gasteiger partial charge in [0, 0.05) is 39.3 Å². The van der Waals surface area contributed by atoms with Gasteiger partial charge in [0.05, 0.1) is 5.69 Å². The van der Waals surface area contributed by atoms with E-state index in [1.54, 1.807) is 16.7 Å². The second kappa shape index (κ2) is 7.87. The summed E-state index contributed by atoms with van der Waals surface area (Å²) in [6.07, 6.45) is 0. The van der Waals surface area contributed by atoms with Crippen LogP contribution in [0.1, 0.15) is 19.4 Å². The van der Waals surface area contributed by atoms with Gasteiger partial charge in [-0.25, -0.2) is 0 Å². The van der Waals surface area contributed by atoms with Crippen LogP contribution in [0.25, 0.3) is 0 Å². The first-order chi connectivity index (χ1) is 14.0. The Hall–Kier alpha value is -2.86. The summed E-state index contributed by atoms with van der Waals surface area (Å²) in [4.78, 5) is 32.3. The maximum Gasteiger partial charge on any atom is 0.280 e. The minimum atomic E-state index is -1.52. The van der Waals surface area contributed by atoms with Crippen LogP contribution in [-0.4, -0.2) is 59.9 Å². The molecule has 29 heavy (non-hydrogen) atoms. The van der Waals surface area contributed by atoms with Crippen molar-refractivity contribution in [2.45, 2.75) is 26.0 Å². The number of anilines is 1. The van der Waals surface area contributed by atoms with Crippen LogP contribution < -0.4 is 9.64 Å². The third-order valence-corrected chi connectivity index (χ3v) is 5.76. The van der Waals surface area contributed by atoms with Crippen molar-refractivity contribution in [1.29, 1.82) is 0 Å². The van der Waals surface area contributed by atoms with Crippen molar-refractivity contribution in [3.05, 3.63) is 60.2 Å². The topological polar surface area (TPSA) is 53.1 Å². The van der Waals surface area contributed by atoms with E-state index in [2.05, 4.69) is 17.0 Å². The van der Waals surface area contributed by atoms with Crippen molar-refractivity contribution in [3.63, 3.8) is 0 Å². The standard InChI is InChI=1S/C23H27N3O3/c1-3-26-19-11-7-8-12-20(19)29-23(2,22(26)28)21(27)25-15-13-24(14-16-25)17-18-9-5-4-6-10-18/h4-12H,3,13-17H2,1-2H3. The third kappa shape index (κ3) is 3.60. The third-order valence-electron chi connectivity index (χ3n) is 5.76. The molecular formula is C23H27N3O3. The Balaban J connectivity index is 1.46. The highest BCUT2D eigenvalue weighted by atomic mass is 16.5. The molecule has 2 aliphatic rings. The van der Waals surface area contributed by atoms with Gasteiger partial charge in [0.1, 0.15) is 5.75 Å². The number of hydrogen-bond donors (Lipinski definition) is 0. The molecule has 0 aliphatic carbocycles. The Kier molecular flexibility index (Phi) is 5.28. The number of likely N-dealkylation sites (N-methyl/N-ethyl adjacent to an activating group) is 1. The molecule has 1 fully saturated rings. The van der Waals surface area contributed by atoms with Crippen LogP contribution in [0.5, 0.6) is 5.75 Å². The zero-order valence-electron chi connectivity index (χ0n) is 17.0. The number of fused-ring (bicyclic) bond motifs is 1. The van der Waals surface area contributed by atoms with Gasteiger partial charge in [0.15, 0.2) is 0 Å². The summed E-state index contributed by atoms with van der Waals surface area (Å²) in [5, 5.41) is 0. The first-order valence-electron chi connectivity index (χ1n) is 10.2. The zero-order valence-corrected chi connectivity index (χ0v) is 17.0. The van der Waals surface area contributed by atoms with E-state index < -0.39 is 5.60 Å². The van der Waals surface area contributed by atoms with Crippen LogP contribution >= 0.6 is 0 Å². The molecule has 2 aliphatic heterocycles. The van der Waals surface area contributed by atoms with Crippen molar-refractivity contribution in [2.75, 3.05) is 37.6 Å². The number of ether oxygens (including phenoxy) is 1. The van der Waals surface area contributed by atoms with Crippen LogP contribution in [0.4, 0.5) is 5.69 Å². The van der Waals surface area contributed by atoms with Gasteiger partial charge in [0.25, 0.3) is 17.4 Å². The van der Waals surface area contributed by atoms with E-state index in [1.165, 1.54) is 5.56 Å². The van der Waals surface area contributed by atoms with E-state index in [0.29, 0.717) is 25.4 Å². The molecule has 4 rings (SSSR count). The fraction of sp³-hybridized carbons (Fsp3) is 0.391. The van der Waals surface area contributed by atoms with E-state index in [0.717, 1.165) is 25.3 Å². The molecule has 1 atom stereocenters. The van der Waals surface area contributed by atoms with Crippen molar-refractivity contribution in [2.24, 2.45) is 0 Å². The van der Waals surface area contributed by atoms with Gasteiger partial charge >= 0.3 is 0 Å². The predicted molar refractivity (Wildman–Crippen MR) is 112 cm³/mol. The molecule has 6 heteroatoms. The summed E-state index contributed by atoms with van der Waals surface area (Å²) < 4.78 is 6.01. The number of carbonyl (C=O) groups excluding carboxylic acids is 2. The molecule has 6 nitrogen and oxygen atoms in total. The lowest BCUT2D eigenvalue weighted by molar-refractivity contribution is -0.157. The Morgan fingerprint density at radius 2 is 1.66 bits per heavy atom. The molecule has 0 spiro atoms. The van der Waals surface area contributed by atoms with E-state index >= 15 is 0 Å². The monoisotopic (exact) mass is 393 g/mol. The molecule has 2 amide bonds. The second-order valence-electron chi connectivity index (χ2n) is 7.71. The average Bonchev–Trinajstić information content (AvgIpc) is 2.75. The predicted octanol–water partition coefficient (Wildman–Crippen LogP) is 2.54. The molecule has 0 aromatic heterocycles. The average molecular weight is 393 g/mol. The molecule has 2 aromatic rings. The van der Waals surface area contributed by atoms with Gasteiger partial charge in [-0.15, -0.1) is 0 Å². The minimum absolute atomic E-state index is 0.255. The van der Waals surface area contributed by atoms with Crippen LogP contribution in [0.15, 0.2) is 54.6 Å². The summed E-state index contributed by atoms with van der Waals surface area (Å²) in [6, 6.07) is 17.7. The number of benzene rings is 2. The number of para-hydroxylation sites is 2. The maximum atomic E-state index is 13.4. The maximum absolute atomic E-state index is 13.4.